The van der Waals surface area contributed by atoms with Crippen molar-refractivity contribution in [3.05, 3.63) is 0 Å². The van der Waals surface area contributed by atoms with Gasteiger partial charge in [-0.2, -0.15) is 0 Å². The van der Waals surface area contributed by atoms with E-state index in [0.717, 1.165) is 12.1 Å². The summed E-state index contributed by atoms with van der Waals surface area (Å²) in [6, 6.07) is 1.49. The van der Waals surface area contributed by atoms with Gasteiger partial charge in [0.05, 0.1) is 0 Å². The number of hydrogen-bond acceptors (Lipinski definition) is 3. The summed E-state index contributed by atoms with van der Waals surface area (Å²) >= 11 is 0. The molecule has 0 bridgehead atoms. The third-order valence-electron chi connectivity index (χ3n) is 4.47. The average Bonchev–Trinajstić information content (AvgIpc) is 2.91. The Morgan fingerprint density at radius 3 is 2.67 bits per heavy atom. The molecule has 0 amide bonds. The fourth-order valence-electron chi connectivity index (χ4n) is 3.41. The number of hydrogen-bond donors (Lipinski definition) is 1. The van der Waals surface area contributed by atoms with Crippen molar-refractivity contribution in [3.63, 3.8) is 0 Å². The van der Waals surface area contributed by atoms with Gasteiger partial charge in [-0.1, -0.05) is 6.92 Å². The van der Waals surface area contributed by atoms with Crippen LogP contribution in [0.3, 0.4) is 0 Å². The van der Waals surface area contributed by atoms with Gasteiger partial charge in [-0.15, -0.1) is 0 Å². The molecule has 2 fully saturated rings. The van der Waals surface area contributed by atoms with Gasteiger partial charge in [0, 0.05) is 25.2 Å². The minimum Gasteiger partial charge on any atom is -0.313 e. The second-order valence-electron chi connectivity index (χ2n) is 6.14. The van der Waals surface area contributed by atoms with Crippen LogP contribution in [0.15, 0.2) is 0 Å². The first-order chi connectivity index (χ1) is 8.79. The number of rotatable bonds is 6. The fraction of sp³-hybridized carbons (Fsp3) is 1.00. The Morgan fingerprint density at radius 1 is 1.17 bits per heavy atom. The standard InChI is InChI=1S/C15H31N3/c1-3-8-16-15-7-6-9-17(13-15)12-14(2)18-10-4-5-11-18/h14-16H,3-13H2,1-2H3. The van der Waals surface area contributed by atoms with E-state index in [1.165, 1.54) is 71.4 Å². The number of piperidine rings is 1. The molecule has 2 heterocycles. The van der Waals surface area contributed by atoms with Gasteiger partial charge >= 0.3 is 0 Å². The van der Waals surface area contributed by atoms with Crippen LogP contribution in [0.2, 0.25) is 0 Å². The summed E-state index contributed by atoms with van der Waals surface area (Å²) in [4.78, 5) is 5.35. The summed E-state index contributed by atoms with van der Waals surface area (Å²) in [5.41, 5.74) is 0. The summed E-state index contributed by atoms with van der Waals surface area (Å²) in [5.74, 6) is 0. The first-order valence-corrected chi connectivity index (χ1v) is 7.99. The second kappa shape index (κ2) is 7.46. The molecule has 0 aliphatic carbocycles. The molecule has 18 heavy (non-hydrogen) atoms. The minimum absolute atomic E-state index is 0.740. The van der Waals surface area contributed by atoms with Crippen molar-refractivity contribution < 1.29 is 0 Å². The third kappa shape index (κ3) is 4.22. The van der Waals surface area contributed by atoms with Gasteiger partial charge < -0.3 is 10.2 Å². The molecule has 0 aromatic heterocycles. The third-order valence-corrected chi connectivity index (χ3v) is 4.47. The van der Waals surface area contributed by atoms with Gasteiger partial charge in [0.2, 0.25) is 0 Å². The SMILES string of the molecule is CCCNC1CCCN(CC(C)N2CCCC2)C1. The molecule has 0 aromatic rings. The van der Waals surface area contributed by atoms with E-state index in [-0.39, 0.29) is 0 Å². The van der Waals surface area contributed by atoms with Crippen molar-refractivity contribution in [1.82, 2.24) is 15.1 Å². The Labute approximate surface area is 113 Å². The highest BCUT2D eigenvalue weighted by atomic mass is 15.2. The highest BCUT2D eigenvalue weighted by molar-refractivity contribution is 4.82. The molecule has 2 saturated heterocycles. The minimum atomic E-state index is 0.740. The molecular formula is C15H31N3. The molecule has 3 nitrogen and oxygen atoms in total. The van der Waals surface area contributed by atoms with Crippen molar-refractivity contribution in [1.29, 1.82) is 0 Å². The highest BCUT2D eigenvalue weighted by Crippen LogP contribution is 2.15. The van der Waals surface area contributed by atoms with Crippen molar-refractivity contribution in [3.8, 4) is 0 Å². The zero-order chi connectivity index (χ0) is 12.8. The lowest BCUT2D eigenvalue weighted by atomic mass is 10.0. The first kappa shape index (κ1) is 14.3. The van der Waals surface area contributed by atoms with Gasteiger partial charge in [-0.05, 0) is 65.2 Å². The van der Waals surface area contributed by atoms with Crippen molar-refractivity contribution >= 4 is 0 Å². The molecule has 0 radical (unpaired) electrons. The lowest BCUT2D eigenvalue weighted by molar-refractivity contribution is 0.135. The van der Waals surface area contributed by atoms with Crippen LogP contribution in [-0.2, 0) is 0 Å². The number of nitrogens with zero attached hydrogens (tertiary/aromatic N) is 2. The van der Waals surface area contributed by atoms with Gasteiger partial charge in [0.1, 0.15) is 0 Å². The molecule has 2 unspecified atom stereocenters. The fourth-order valence-corrected chi connectivity index (χ4v) is 3.41. The number of nitrogens with one attached hydrogen (secondary N) is 1. The lowest BCUT2D eigenvalue weighted by Gasteiger charge is -2.36. The summed E-state index contributed by atoms with van der Waals surface area (Å²) in [7, 11) is 0. The van der Waals surface area contributed by atoms with Gasteiger partial charge in [-0.3, -0.25) is 4.90 Å². The molecule has 106 valence electrons. The van der Waals surface area contributed by atoms with Crippen molar-refractivity contribution in [2.75, 3.05) is 39.3 Å². The highest BCUT2D eigenvalue weighted by Gasteiger charge is 2.24. The Balaban J connectivity index is 1.71. The quantitative estimate of drug-likeness (QED) is 0.780. The molecule has 3 heteroatoms. The maximum atomic E-state index is 3.69. The van der Waals surface area contributed by atoms with Crippen LogP contribution in [0.5, 0.6) is 0 Å². The predicted octanol–water partition coefficient (Wildman–Crippen LogP) is 1.93. The predicted molar refractivity (Wildman–Crippen MR) is 78.0 cm³/mol. The van der Waals surface area contributed by atoms with E-state index in [4.69, 9.17) is 0 Å². The zero-order valence-electron chi connectivity index (χ0n) is 12.3. The lowest BCUT2D eigenvalue weighted by Crippen LogP contribution is -2.50. The number of likely N-dealkylation sites (tertiary alicyclic amines) is 2. The Kier molecular flexibility index (Phi) is 5.93. The van der Waals surface area contributed by atoms with E-state index in [2.05, 4.69) is 29.0 Å². The van der Waals surface area contributed by atoms with Gasteiger partial charge in [-0.25, -0.2) is 0 Å². The smallest absolute Gasteiger partial charge is 0.0195 e. The van der Waals surface area contributed by atoms with Crippen molar-refractivity contribution in [2.24, 2.45) is 0 Å². The Bertz CT molecular complexity index is 226. The summed E-state index contributed by atoms with van der Waals surface area (Å²) in [6.07, 6.45) is 6.80. The summed E-state index contributed by atoms with van der Waals surface area (Å²) in [5, 5.41) is 3.69. The molecule has 0 aromatic carbocycles. The summed E-state index contributed by atoms with van der Waals surface area (Å²) in [6.45, 7) is 12.3. The Hall–Kier alpha value is -0.120. The van der Waals surface area contributed by atoms with E-state index in [1.54, 1.807) is 0 Å². The molecule has 0 spiro atoms. The molecule has 2 atom stereocenters. The first-order valence-electron chi connectivity index (χ1n) is 7.99. The maximum absolute atomic E-state index is 3.69. The van der Waals surface area contributed by atoms with Gasteiger partial charge in [0.25, 0.3) is 0 Å². The Morgan fingerprint density at radius 2 is 1.94 bits per heavy atom. The van der Waals surface area contributed by atoms with Gasteiger partial charge in [0.15, 0.2) is 0 Å². The van der Waals surface area contributed by atoms with E-state index in [1.807, 2.05) is 0 Å². The molecule has 2 rings (SSSR count). The van der Waals surface area contributed by atoms with Crippen LogP contribution in [0.1, 0.15) is 46.0 Å². The van der Waals surface area contributed by atoms with E-state index in [0.29, 0.717) is 0 Å². The van der Waals surface area contributed by atoms with Crippen LogP contribution in [-0.4, -0.2) is 61.2 Å². The van der Waals surface area contributed by atoms with Crippen LogP contribution >= 0.6 is 0 Å². The monoisotopic (exact) mass is 253 g/mol. The van der Waals surface area contributed by atoms with Crippen LogP contribution in [0.25, 0.3) is 0 Å². The largest absolute Gasteiger partial charge is 0.313 e. The van der Waals surface area contributed by atoms with E-state index < -0.39 is 0 Å². The van der Waals surface area contributed by atoms with Crippen LogP contribution in [0, 0.1) is 0 Å². The maximum Gasteiger partial charge on any atom is 0.0195 e. The average molecular weight is 253 g/mol. The van der Waals surface area contributed by atoms with E-state index in [9.17, 15) is 0 Å². The molecule has 1 N–H and O–H groups in total. The van der Waals surface area contributed by atoms with Crippen LogP contribution in [0.4, 0.5) is 0 Å². The summed E-state index contributed by atoms with van der Waals surface area (Å²) < 4.78 is 0. The molecular weight excluding hydrogens is 222 g/mol. The van der Waals surface area contributed by atoms with E-state index >= 15 is 0 Å². The molecule has 2 aliphatic heterocycles. The normalized spacial score (nSPS) is 28.7. The topological polar surface area (TPSA) is 18.5 Å². The van der Waals surface area contributed by atoms with Crippen LogP contribution < -0.4 is 5.32 Å². The molecule has 0 saturated carbocycles. The zero-order valence-corrected chi connectivity index (χ0v) is 12.3. The molecule has 2 aliphatic rings. The van der Waals surface area contributed by atoms with Crippen molar-refractivity contribution in [2.45, 2.75) is 58.0 Å². The second-order valence-corrected chi connectivity index (χ2v) is 6.14.